The maximum absolute atomic E-state index is 13.6. The third-order valence-corrected chi connectivity index (χ3v) is 7.92. The van der Waals surface area contributed by atoms with Gasteiger partial charge in [0.25, 0.3) is 0 Å². The summed E-state index contributed by atoms with van der Waals surface area (Å²) in [6.07, 6.45) is -2.25. The number of nitrogens with one attached hydrogen (secondary N) is 1. The molecule has 0 bridgehead atoms. The second kappa shape index (κ2) is 9.16. The number of alkyl halides is 3. The number of amides is 1. The minimum Gasteiger partial charge on any atom is -0.392 e. The summed E-state index contributed by atoms with van der Waals surface area (Å²) in [5, 5.41) is 16.5. The standard InChI is InChI=1S/C20H23F3N4O3S2/c1-26-18(20(21,22)23)13(7-24-26)17(30)16-12-4-6-31-10-14(12)32-19(16)25-15(29)9-27-5-2-3-11(28)8-27/h7,11,28H,2-6,8-10H2,1H3,(H,25,29). The number of carbonyl (C=O) groups is 2. The first-order valence-corrected chi connectivity index (χ1v) is 12.2. The molecule has 0 aromatic carbocycles. The van der Waals surface area contributed by atoms with Crippen LogP contribution in [0.1, 0.15) is 44.9 Å². The lowest BCUT2D eigenvalue weighted by molar-refractivity contribution is -0.144. The summed E-state index contributed by atoms with van der Waals surface area (Å²) in [5.74, 6) is 0.260. The number of carbonyl (C=O) groups excluding carboxylic acids is 2. The van der Waals surface area contributed by atoms with E-state index >= 15 is 0 Å². The maximum atomic E-state index is 13.6. The van der Waals surface area contributed by atoms with Crippen LogP contribution in [0, 0.1) is 0 Å². The number of aliphatic hydroxyl groups excluding tert-OH is 1. The number of rotatable bonds is 5. The highest BCUT2D eigenvalue weighted by Gasteiger charge is 2.41. The molecule has 2 N–H and O–H groups in total. The van der Waals surface area contributed by atoms with Crippen LogP contribution in [0.4, 0.5) is 18.2 Å². The summed E-state index contributed by atoms with van der Waals surface area (Å²) in [7, 11) is 1.15. The molecule has 0 radical (unpaired) electrons. The summed E-state index contributed by atoms with van der Waals surface area (Å²) < 4.78 is 41.4. The lowest BCUT2D eigenvalue weighted by Crippen LogP contribution is -2.42. The maximum Gasteiger partial charge on any atom is 0.433 e. The zero-order valence-corrected chi connectivity index (χ0v) is 19.0. The molecular formula is C20H23F3N4O3S2. The molecule has 0 saturated carbocycles. The summed E-state index contributed by atoms with van der Waals surface area (Å²) in [6, 6.07) is 0. The number of fused-ring (bicyclic) bond motifs is 1. The van der Waals surface area contributed by atoms with Crippen LogP contribution in [-0.4, -0.2) is 63.0 Å². The Morgan fingerprint density at radius 2 is 2.16 bits per heavy atom. The van der Waals surface area contributed by atoms with E-state index in [1.165, 1.54) is 11.3 Å². The highest BCUT2D eigenvalue weighted by molar-refractivity contribution is 7.98. The summed E-state index contributed by atoms with van der Waals surface area (Å²) >= 11 is 2.93. The molecule has 4 rings (SSSR count). The van der Waals surface area contributed by atoms with Gasteiger partial charge in [-0.2, -0.15) is 30.0 Å². The van der Waals surface area contributed by atoms with Crippen LogP contribution in [0.15, 0.2) is 6.20 Å². The number of thioether (sulfide) groups is 1. The molecule has 2 aromatic heterocycles. The van der Waals surface area contributed by atoms with Crippen molar-refractivity contribution in [1.29, 1.82) is 0 Å². The van der Waals surface area contributed by atoms with E-state index in [-0.39, 0.29) is 23.0 Å². The Bertz CT molecular complexity index is 1030. The number of hydrogen-bond donors (Lipinski definition) is 2. The van der Waals surface area contributed by atoms with Gasteiger partial charge in [0, 0.05) is 24.2 Å². The fourth-order valence-electron chi connectivity index (χ4n) is 4.18. The van der Waals surface area contributed by atoms with Gasteiger partial charge in [0.2, 0.25) is 5.91 Å². The fourth-order valence-corrected chi connectivity index (χ4v) is 6.57. The second-order valence-corrected chi connectivity index (χ2v) is 10.2. The van der Waals surface area contributed by atoms with Gasteiger partial charge in [-0.3, -0.25) is 19.2 Å². The molecule has 1 atom stereocenters. The number of ketones is 1. The Morgan fingerprint density at radius 1 is 1.38 bits per heavy atom. The molecule has 1 unspecified atom stereocenters. The first-order valence-electron chi connectivity index (χ1n) is 10.2. The van der Waals surface area contributed by atoms with Gasteiger partial charge in [-0.1, -0.05) is 0 Å². The topological polar surface area (TPSA) is 87.5 Å². The van der Waals surface area contributed by atoms with Gasteiger partial charge in [0.15, 0.2) is 11.5 Å². The normalized spacial score (nSPS) is 19.6. The van der Waals surface area contributed by atoms with Crippen molar-refractivity contribution in [3.63, 3.8) is 0 Å². The molecule has 2 aromatic rings. The molecular weight excluding hydrogens is 465 g/mol. The predicted octanol–water partition coefficient (Wildman–Crippen LogP) is 2.92. The number of aromatic nitrogens is 2. The van der Waals surface area contributed by atoms with Crippen molar-refractivity contribution in [1.82, 2.24) is 14.7 Å². The zero-order valence-electron chi connectivity index (χ0n) is 17.4. The van der Waals surface area contributed by atoms with Crippen molar-refractivity contribution < 1.29 is 27.9 Å². The Labute approximate surface area is 191 Å². The first-order chi connectivity index (χ1) is 15.1. The third-order valence-electron chi connectivity index (χ3n) is 5.60. The monoisotopic (exact) mass is 488 g/mol. The van der Waals surface area contributed by atoms with E-state index in [1.54, 1.807) is 11.8 Å². The van der Waals surface area contributed by atoms with E-state index < -0.39 is 29.3 Å². The minimum atomic E-state index is -4.74. The molecule has 32 heavy (non-hydrogen) atoms. The molecule has 7 nitrogen and oxygen atoms in total. The minimum absolute atomic E-state index is 0.0443. The van der Waals surface area contributed by atoms with Crippen LogP contribution in [0.3, 0.4) is 0 Å². The summed E-state index contributed by atoms with van der Waals surface area (Å²) in [4.78, 5) is 28.8. The number of likely N-dealkylation sites (tertiary alicyclic amines) is 1. The average molecular weight is 489 g/mol. The highest BCUT2D eigenvalue weighted by atomic mass is 32.2. The van der Waals surface area contributed by atoms with Gasteiger partial charge in [0.05, 0.1) is 30.0 Å². The zero-order chi connectivity index (χ0) is 23.0. The molecule has 1 fully saturated rings. The average Bonchev–Trinajstić information content (AvgIpc) is 3.27. The molecule has 174 valence electrons. The molecule has 0 aliphatic carbocycles. The van der Waals surface area contributed by atoms with Gasteiger partial charge in [-0.15, -0.1) is 11.3 Å². The van der Waals surface area contributed by atoms with Crippen LogP contribution in [0.5, 0.6) is 0 Å². The Balaban J connectivity index is 1.65. The summed E-state index contributed by atoms with van der Waals surface area (Å²) in [6.45, 7) is 1.11. The van der Waals surface area contributed by atoms with Crippen LogP contribution < -0.4 is 5.32 Å². The van der Waals surface area contributed by atoms with Gasteiger partial charge in [-0.25, -0.2) is 0 Å². The SMILES string of the molecule is Cn1ncc(C(=O)c2c(NC(=O)CN3CCCC(O)C3)sc3c2CCSC3)c1C(F)(F)F. The molecule has 4 heterocycles. The molecule has 2 aliphatic rings. The van der Waals surface area contributed by atoms with Gasteiger partial charge >= 0.3 is 6.18 Å². The van der Waals surface area contributed by atoms with E-state index in [1.807, 2.05) is 4.90 Å². The van der Waals surface area contributed by atoms with Crippen molar-refractivity contribution in [2.24, 2.45) is 7.05 Å². The van der Waals surface area contributed by atoms with E-state index in [0.717, 1.165) is 30.3 Å². The Kier molecular flexibility index (Phi) is 6.66. The predicted molar refractivity (Wildman–Crippen MR) is 116 cm³/mol. The van der Waals surface area contributed by atoms with Crippen LogP contribution in [0.2, 0.25) is 0 Å². The second-order valence-electron chi connectivity index (χ2n) is 7.95. The van der Waals surface area contributed by atoms with Crippen LogP contribution in [-0.2, 0) is 30.2 Å². The highest BCUT2D eigenvalue weighted by Crippen LogP contribution is 2.42. The number of β-amino-alcohol motifs (C(OH)–C–C–N with tert-alkyl or cyclic N) is 1. The van der Waals surface area contributed by atoms with E-state index in [0.29, 0.717) is 41.9 Å². The third kappa shape index (κ3) is 4.73. The smallest absolute Gasteiger partial charge is 0.392 e. The van der Waals surface area contributed by atoms with Crippen molar-refractivity contribution in [3.05, 3.63) is 33.5 Å². The van der Waals surface area contributed by atoms with E-state index in [2.05, 4.69) is 10.4 Å². The van der Waals surface area contributed by atoms with Crippen molar-refractivity contribution >= 4 is 39.8 Å². The van der Waals surface area contributed by atoms with Crippen LogP contribution in [0.25, 0.3) is 0 Å². The van der Waals surface area contributed by atoms with Crippen LogP contribution >= 0.6 is 23.1 Å². The Morgan fingerprint density at radius 3 is 2.88 bits per heavy atom. The van der Waals surface area contributed by atoms with Gasteiger partial charge in [0.1, 0.15) is 5.00 Å². The largest absolute Gasteiger partial charge is 0.433 e. The number of nitrogens with zero attached hydrogens (tertiary/aromatic N) is 3. The molecule has 1 amide bonds. The first kappa shape index (κ1) is 23.3. The number of halogens is 3. The Hall–Kier alpha value is -1.89. The lowest BCUT2D eigenvalue weighted by atomic mass is 9.98. The van der Waals surface area contributed by atoms with Crippen molar-refractivity contribution in [2.75, 3.05) is 30.7 Å². The number of aliphatic hydroxyl groups is 1. The van der Waals surface area contributed by atoms with Gasteiger partial charge in [-0.05, 0) is 37.1 Å². The van der Waals surface area contributed by atoms with E-state index in [4.69, 9.17) is 0 Å². The lowest BCUT2D eigenvalue weighted by Gasteiger charge is -2.29. The van der Waals surface area contributed by atoms with E-state index in [9.17, 15) is 27.9 Å². The molecule has 1 saturated heterocycles. The number of thiophene rings is 1. The molecule has 12 heteroatoms. The van der Waals surface area contributed by atoms with Crippen molar-refractivity contribution in [2.45, 2.75) is 37.3 Å². The summed E-state index contributed by atoms with van der Waals surface area (Å²) in [5.41, 5.74) is -0.782. The van der Waals surface area contributed by atoms with Crippen molar-refractivity contribution in [3.8, 4) is 0 Å². The number of piperidine rings is 1. The fraction of sp³-hybridized carbons (Fsp3) is 0.550. The number of aryl methyl sites for hydroxylation is 1. The quantitative estimate of drug-likeness (QED) is 0.630. The molecule has 0 spiro atoms. The molecule has 2 aliphatic heterocycles. The number of hydrogen-bond acceptors (Lipinski definition) is 7. The van der Waals surface area contributed by atoms with Gasteiger partial charge < -0.3 is 10.4 Å². The number of anilines is 1.